The highest BCUT2D eigenvalue weighted by Crippen LogP contribution is 2.16. The molecule has 32 heavy (non-hydrogen) atoms. The van der Waals surface area contributed by atoms with Crippen LogP contribution < -0.4 is 10.1 Å². The third-order valence-electron chi connectivity index (χ3n) is 4.93. The summed E-state index contributed by atoms with van der Waals surface area (Å²) in [5, 5.41) is 2.89. The lowest BCUT2D eigenvalue weighted by atomic mass is 10.1. The highest BCUT2D eigenvalue weighted by molar-refractivity contribution is 6.01. The van der Waals surface area contributed by atoms with Crippen LogP contribution in [0.25, 0.3) is 6.08 Å². The van der Waals surface area contributed by atoms with Crippen molar-refractivity contribution in [2.24, 2.45) is 0 Å². The average molecular weight is 421 g/mol. The quantitative estimate of drug-likeness (QED) is 0.361. The van der Waals surface area contributed by atoms with Gasteiger partial charge in [0.2, 0.25) is 5.91 Å². The van der Waals surface area contributed by atoms with Gasteiger partial charge in [-0.25, -0.2) is 0 Å². The van der Waals surface area contributed by atoms with Crippen LogP contribution in [0.2, 0.25) is 0 Å². The monoisotopic (exact) mass is 420 g/mol. The second-order valence-electron chi connectivity index (χ2n) is 7.40. The van der Waals surface area contributed by atoms with Crippen LogP contribution in [0.1, 0.15) is 22.3 Å². The molecule has 0 aliphatic heterocycles. The molecule has 3 aromatic carbocycles. The Labute approximate surface area is 188 Å². The topological polar surface area (TPSA) is 51.2 Å². The zero-order valence-corrected chi connectivity index (χ0v) is 17.6. The number of ether oxygens (including phenoxy) is 1. The first-order valence-corrected chi connectivity index (χ1v) is 10.5. The summed E-state index contributed by atoms with van der Waals surface area (Å²) in [6.07, 6.45) is 7.74. The number of hydrogen-bond acceptors (Lipinski definition) is 3. The maximum atomic E-state index is 12.3. The van der Waals surface area contributed by atoms with Gasteiger partial charge in [0.15, 0.2) is 0 Å². The molecule has 0 radical (unpaired) electrons. The fourth-order valence-electron chi connectivity index (χ4n) is 3.21. The van der Waals surface area contributed by atoms with E-state index in [-0.39, 0.29) is 5.91 Å². The lowest BCUT2D eigenvalue weighted by Crippen LogP contribution is -2.07. The molecule has 1 N–H and O–H groups in total. The predicted octanol–water partition coefficient (Wildman–Crippen LogP) is 5.90. The number of carbonyl (C=O) groups is 1. The van der Waals surface area contributed by atoms with Gasteiger partial charge in [-0.05, 0) is 71.1 Å². The van der Waals surface area contributed by atoms with Crippen LogP contribution in [0.3, 0.4) is 0 Å². The maximum Gasteiger partial charge on any atom is 0.248 e. The van der Waals surface area contributed by atoms with Gasteiger partial charge in [0.05, 0.1) is 0 Å². The van der Waals surface area contributed by atoms with Crippen LogP contribution in [-0.4, -0.2) is 10.9 Å². The average Bonchev–Trinajstić information content (AvgIpc) is 2.85. The minimum Gasteiger partial charge on any atom is -0.489 e. The molecule has 4 rings (SSSR count). The Hall–Kier alpha value is -4.18. The number of aromatic nitrogens is 1. The van der Waals surface area contributed by atoms with Crippen molar-refractivity contribution >= 4 is 17.7 Å². The molecule has 0 saturated carbocycles. The van der Waals surface area contributed by atoms with E-state index in [1.165, 1.54) is 17.2 Å². The minimum absolute atomic E-state index is 0.170. The molecule has 4 aromatic rings. The maximum absolute atomic E-state index is 12.3. The first-order chi connectivity index (χ1) is 15.7. The van der Waals surface area contributed by atoms with Gasteiger partial charge >= 0.3 is 0 Å². The van der Waals surface area contributed by atoms with Crippen molar-refractivity contribution < 1.29 is 9.53 Å². The smallest absolute Gasteiger partial charge is 0.248 e. The number of nitrogens with one attached hydrogen (secondary N) is 1. The van der Waals surface area contributed by atoms with Crippen LogP contribution in [-0.2, 0) is 17.8 Å². The number of rotatable bonds is 8. The van der Waals surface area contributed by atoms with E-state index in [0.717, 1.165) is 29.0 Å². The molecule has 0 bridgehead atoms. The number of amides is 1. The summed E-state index contributed by atoms with van der Waals surface area (Å²) in [4.78, 5) is 16.3. The van der Waals surface area contributed by atoms with E-state index in [1.54, 1.807) is 18.5 Å². The SMILES string of the molecule is O=C(/C=C/c1ccc(OCc2ccccc2)cc1)Nc1ccc(Cc2ccncc2)cc1. The van der Waals surface area contributed by atoms with Gasteiger partial charge in [-0.1, -0.05) is 54.6 Å². The zero-order valence-electron chi connectivity index (χ0n) is 17.6. The zero-order chi connectivity index (χ0) is 22.0. The standard InChI is InChI=1S/C28H24N2O2/c31-28(30-26-11-6-23(7-12-26)20-24-16-18-29-19-17-24)15-10-22-8-13-27(14-9-22)32-21-25-4-2-1-3-5-25/h1-19H,20-21H2,(H,30,31)/b15-10+. The molecule has 0 saturated heterocycles. The lowest BCUT2D eigenvalue weighted by Gasteiger charge is -2.06. The second-order valence-corrected chi connectivity index (χ2v) is 7.40. The van der Waals surface area contributed by atoms with E-state index < -0.39 is 0 Å². The van der Waals surface area contributed by atoms with Crippen LogP contribution >= 0.6 is 0 Å². The summed E-state index contributed by atoms with van der Waals surface area (Å²) < 4.78 is 5.79. The predicted molar refractivity (Wildman–Crippen MR) is 128 cm³/mol. The van der Waals surface area contributed by atoms with E-state index in [4.69, 9.17) is 4.74 Å². The summed E-state index contributed by atoms with van der Waals surface area (Å²) in [7, 11) is 0. The number of hydrogen-bond donors (Lipinski definition) is 1. The van der Waals surface area contributed by atoms with Gasteiger partial charge in [-0.2, -0.15) is 0 Å². The third-order valence-corrected chi connectivity index (χ3v) is 4.93. The Morgan fingerprint density at radius 3 is 2.19 bits per heavy atom. The molecule has 0 spiro atoms. The Balaban J connectivity index is 1.26. The van der Waals surface area contributed by atoms with Crippen LogP contribution in [0.5, 0.6) is 5.75 Å². The molecule has 0 aliphatic carbocycles. The van der Waals surface area contributed by atoms with Crippen LogP contribution in [0.4, 0.5) is 5.69 Å². The van der Waals surface area contributed by atoms with E-state index >= 15 is 0 Å². The van der Waals surface area contributed by atoms with Gasteiger partial charge in [-0.15, -0.1) is 0 Å². The molecule has 0 aliphatic rings. The normalized spacial score (nSPS) is 10.8. The fourth-order valence-corrected chi connectivity index (χ4v) is 3.21. The number of nitrogens with zero attached hydrogens (tertiary/aromatic N) is 1. The summed E-state index contributed by atoms with van der Waals surface area (Å²) in [5.41, 5.74) is 5.21. The first kappa shape index (κ1) is 21.1. The van der Waals surface area contributed by atoms with Crippen molar-refractivity contribution in [2.75, 3.05) is 5.32 Å². The molecule has 0 atom stereocenters. The van der Waals surface area contributed by atoms with E-state index in [1.807, 2.05) is 91.0 Å². The Bertz CT molecular complexity index is 1150. The Morgan fingerprint density at radius 1 is 0.781 bits per heavy atom. The van der Waals surface area contributed by atoms with E-state index in [2.05, 4.69) is 10.3 Å². The third kappa shape index (κ3) is 6.41. The van der Waals surface area contributed by atoms with E-state index in [9.17, 15) is 4.79 Å². The summed E-state index contributed by atoms with van der Waals surface area (Å²) in [5.74, 6) is 0.624. The molecular formula is C28H24N2O2. The van der Waals surface area contributed by atoms with Gasteiger partial charge in [-0.3, -0.25) is 9.78 Å². The molecule has 4 nitrogen and oxygen atoms in total. The molecule has 158 valence electrons. The van der Waals surface area contributed by atoms with Crippen molar-refractivity contribution in [2.45, 2.75) is 13.0 Å². The van der Waals surface area contributed by atoms with Crippen molar-refractivity contribution in [3.63, 3.8) is 0 Å². The second kappa shape index (κ2) is 10.7. The van der Waals surface area contributed by atoms with Crippen molar-refractivity contribution in [1.82, 2.24) is 4.98 Å². The van der Waals surface area contributed by atoms with Gasteiger partial charge in [0, 0.05) is 24.2 Å². The largest absolute Gasteiger partial charge is 0.489 e. The lowest BCUT2D eigenvalue weighted by molar-refractivity contribution is -0.111. The van der Waals surface area contributed by atoms with Crippen molar-refractivity contribution in [3.05, 3.63) is 132 Å². The van der Waals surface area contributed by atoms with E-state index in [0.29, 0.717) is 6.61 Å². The fraction of sp³-hybridized carbons (Fsp3) is 0.0714. The summed E-state index contributed by atoms with van der Waals surface area (Å²) in [6.45, 7) is 0.528. The molecule has 0 unspecified atom stereocenters. The molecule has 0 fully saturated rings. The van der Waals surface area contributed by atoms with Crippen molar-refractivity contribution in [3.8, 4) is 5.75 Å². The van der Waals surface area contributed by atoms with Gasteiger partial charge < -0.3 is 10.1 Å². The summed E-state index contributed by atoms with van der Waals surface area (Å²) in [6, 6.07) is 29.6. The Morgan fingerprint density at radius 2 is 1.47 bits per heavy atom. The molecule has 1 aromatic heterocycles. The number of benzene rings is 3. The first-order valence-electron chi connectivity index (χ1n) is 10.5. The highest BCUT2D eigenvalue weighted by Gasteiger charge is 2.01. The van der Waals surface area contributed by atoms with Crippen molar-refractivity contribution in [1.29, 1.82) is 0 Å². The molecule has 4 heteroatoms. The molecule has 1 heterocycles. The highest BCUT2D eigenvalue weighted by atomic mass is 16.5. The summed E-state index contributed by atoms with van der Waals surface area (Å²) >= 11 is 0. The number of pyridine rings is 1. The van der Waals surface area contributed by atoms with Gasteiger partial charge in [0.1, 0.15) is 12.4 Å². The Kier molecular flexibility index (Phi) is 7.06. The van der Waals surface area contributed by atoms with Crippen LogP contribution in [0.15, 0.2) is 109 Å². The molecular weight excluding hydrogens is 396 g/mol. The number of anilines is 1. The van der Waals surface area contributed by atoms with Gasteiger partial charge in [0.25, 0.3) is 0 Å². The van der Waals surface area contributed by atoms with Crippen LogP contribution in [0, 0.1) is 0 Å². The molecule has 1 amide bonds. The minimum atomic E-state index is -0.170. The number of carbonyl (C=O) groups excluding carboxylic acids is 1.